The topological polar surface area (TPSA) is 94.1 Å². The molecule has 0 bridgehead atoms. The van der Waals surface area contributed by atoms with Crippen LogP contribution in [-0.4, -0.2) is 55.6 Å². The van der Waals surface area contributed by atoms with Crippen LogP contribution in [0, 0.1) is 13.8 Å². The van der Waals surface area contributed by atoms with Crippen molar-refractivity contribution < 1.29 is 28.9 Å². The van der Waals surface area contributed by atoms with Crippen molar-refractivity contribution in [2.75, 3.05) is 26.4 Å². The van der Waals surface area contributed by atoms with E-state index < -0.39 is 12.6 Å². The van der Waals surface area contributed by atoms with E-state index in [1.165, 1.54) is 0 Å². The van der Waals surface area contributed by atoms with E-state index in [4.69, 9.17) is 19.3 Å². The summed E-state index contributed by atoms with van der Waals surface area (Å²) in [6.45, 7) is 6.81. The lowest BCUT2D eigenvalue weighted by atomic mass is 10.0. The standard InChI is InChI=1S/C18H25NO6/c1-11-6-14(7-12(2)17(11)25-10-16(20)21)18(22)19-13(3)8-24-15-4-5-23-9-15/h6-7,13,15H,4-5,8-10H2,1-3H3,(H,19,22)(H,20,21). The van der Waals surface area contributed by atoms with Crippen LogP contribution in [0.3, 0.4) is 0 Å². The number of carboxylic acid groups (broad SMARTS) is 1. The molecule has 1 aromatic rings. The van der Waals surface area contributed by atoms with Gasteiger partial charge in [0.25, 0.3) is 5.91 Å². The maximum Gasteiger partial charge on any atom is 0.341 e. The van der Waals surface area contributed by atoms with E-state index in [-0.39, 0.29) is 18.1 Å². The first-order valence-electron chi connectivity index (χ1n) is 8.33. The van der Waals surface area contributed by atoms with Gasteiger partial charge in [-0.05, 0) is 50.5 Å². The van der Waals surface area contributed by atoms with E-state index in [9.17, 15) is 9.59 Å². The Morgan fingerprint density at radius 3 is 2.60 bits per heavy atom. The van der Waals surface area contributed by atoms with Gasteiger partial charge in [0.1, 0.15) is 5.75 Å². The monoisotopic (exact) mass is 351 g/mol. The lowest BCUT2D eigenvalue weighted by Crippen LogP contribution is -2.37. The van der Waals surface area contributed by atoms with Gasteiger partial charge in [-0.25, -0.2) is 4.79 Å². The summed E-state index contributed by atoms with van der Waals surface area (Å²) in [4.78, 5) is 23.0. The van der Waals surface area contributed by atoms with Gasteiger partial charge in [0, 0.05) is 18.2 Å². The van der Waals surface area contributed by atoms with E-state index in [2.05, 4.69) is 5.32 Å². The van der Waals surface area contributed by atoms with E-state index in [1.807, 2.05) is 6.92 Å². The smallest absolute Gasteiger partial charge is 0.341 e. The maximum absolute atomic E-state index is 12.4. The lowest BCUT2D eigenvalue weighted by molar-refractivity contribution is -0.139. The molecule has 1 fully saturated rings. The zero-order valence-corrected chi connectivity index (χ0v) is 14.8. The molecule has 1 aromatic carbocycles. The van der Waals surface area contributed by atoms with Gasteiger partial charge in [0.2, 0.25) is 0 Å². The SMILES string of the molecule is Cc1cc(C(=O)NC(C)COC2CCOC2)cc(C)c1OCC(=O)O. The summed E-state index contributed by atoms with van der Waals surface area (Å²) in [7, 11) is 0. The van der Waals surface area contributed by atoms with E-state index in [0.717, 1.165) is 24.2 Å². The number of hydrogen-bond donors (Lipinski definition) is 2. The summed E-state index contributed by atoms with van der Waals surface area (Å²) in [5.74, 6) is -0.742. The first kappa shape index (κ1) is 19.2. The molecule has 25 heavy (non-hydrogen) atoms. The molecule has 2 rings (SSSR count). The molecule has 1 saturated heterocycles. The molecule has 2 N–H and O–H groups in total. The fourth-order valence-corrected chi connectivity index (χ4v) is 2.72. The van der Waals surface area contributed by atoms with Gasteiger partial charge in [-0.3, -0.25) is 4.79 Å². The summed E-state index contributed by atoms with van der Waals surface area (Å²) in [6.07, 6.45) is 0.992. The van der Waals surface area contributed by atoms with Crippen molar-refractivity contribution in [1.29, 1.82) is 0 Å². The average molecular weight is 351 g/mol. The number of nitrogens with one attached hydrogen (secondary N) is 1. The molecular weight excluding hydrogens is 326 g/mol. The van der Waals surface area contributed by atoms with Crippen molar-refractivity contribution in [2.45, 2.75) is 39.3 Å². The largest absolute Gasteiger partial charge is 0.481 e. The molecule has 2 unspecified atom stereocenters. The first-order valence-corrected chi connectivity index (χ1v) is 8.33. The number of carbonyl (C=O) groups excluding carboxylic acids is 1. The minimum absolute atomic E-state index is 0.106. The summed E-state index contributed by atoms with van der Waals surface area (Å²) in [6, 6.07) is 3.26. The minimum Gasteiger partial charge on any atom is -0.481 e. The number of rotatable bonds is 8. The predicted molar refractivity (Wildman–Crippen MR) is 91.2 cm³/mol. The fraction of sp³-hybridized carbons (Fsp3) is 0.556. The Hall–Kier alpha value is -2.12. The third-order valence-corrected chi connectivity index (χ3v) is 3.91. The minimum atomic E-state index is -1.04. The molecule has 0 aliphatic carbocycles. The Morgan fingerprint density at radius 2 is 2.04 bits per heavy atom. The molecule has 1 aliphatic rings. The van der Waals surface area contributed by atoms with Crippen molar-refractivity contribution in [2.24, 2.45) is 0 Å². The Labute approximate surface area is 147 Å². The second-order valence-corrected chi connectivity index (χ2v) is 6.32. The predicted octanol–water partition coefficient (Wildman–Crippen LogP) is 1.69. The van der Waals surface area contributed by atoms with Gasteiger partial charge in [0.15, 0.2) is 6.61 Å². The van der Waals surface area contributed by atoms with Gasteiger partial charge in [0.05, 0.1) is 19.3 Å². The van der Waals surface area contributed by atoms with Crippen molar-refractivity contribution in [3.63, 3.8) is 0 Å². The molecule has 1 aliphatic heterocycles. The number of aryl methyl sites for hydroxylation is 2. The highest BCUT2D eigenvalue weighted by Crippen LogP contribution is 2.25. The third kappa shape index (κ3) is 5.72. The van der Waals surface area contributed by atoms with Gasteiger partial charge >= 0.3 is 5.97 Å². The van der Waals surface area contributed by atoms with Crippen LogP contribution in [-0.2, 0) is 14.3 Å². The zero-order chi connectivity index (χ0) is 18.4. The van der Waals surface area contributed by atoms with Crippen LogP contribution in [0.4, 0.5) is 0 Å². The average Bonchev–Trinajstić information content (AvgIpc) is 3.05. The van der Waals surface area contributed by atoms with E-state index in [0.29, 0.717) is 24.5 Å². The molecule has 0 radical (unpaired) electrons. The molecule has 7 heteroatoms. The Bertz CT molecular complexity index is 601. The quantitative estimate of drug-likeness (QED) is 0.740. The number of carboxylic acids is 1. The van der Waals surface area contributed by atoms with Crippen LogP contribution < -0.4 is 10.1 Å². The van der Waals surface area contributed by atoms with Crippen LogP contribution in [0.25, 0.3) is 0 Å². The second kappa shape index (κ2) is 8.82. The van der Waals surface area contributed by atoms with Crippen LogP contribution in [0.1, 0.15) is 34.8 Å². The molecular formula is C18H25NO6. The van der Waals surface area contributed by atoms with Crippen LogP contribution in [0.5, 0.6) is 5.75 Å². The normalized spacial score (nSPS) is 18.0. The Morgan fingerprint density at radius 1 is 1.36 bits per heavy atom. The second-order valence-electron chi connectivity index (χ2n) is 6.32. The zero-order valence-electron chi connectivity index (χ0n) is 14.8. The van der Waals surface area contributed by atoms with Gasteiger partial charge < -0.3 is 24.6 Å². The molecule has 138 valence electrons. The van der Waals surface area contributed by atoms with Gasteiger partial charge in [-0.2, -0.15) is 0 Å². The molecule has 0 aromatic heterocycles. The molecule has 2 atom stereocenters. The summed E-state index contributed by atoms with van der Waals surface area (Å²) >= 11 is 0. The van der Waals surface area contributed by atoms with Crippen molar-refractivity contribution >= 4 is 11.9 Å². The van der Waals surface area contributed by atoms with Crippen molar-refractivity contribution in [3.05, 3.63) is 28.8 Å². The number of benzene rings is 1. The molecule has 0 spiro atoms. The highest BCUT2D eigenvalue weighted by Gasteiger charge is 2.18. The number of aliphatic carboxylic acids is 1. The van der Waals surface area contributed by atoms with Crippen molar-refractivity contribution in [1.82, 2.24) is 5.32 Å². The number of ether oxygens (including phenoxy) is 3. The Kier molecular flexibility index (Phi) is 6.78. The number of amides is 1. The number of carbonyl (C=O) groups is 2. The summed E-state index contributed by atoms with van der Waals surface area (Å²) in [5.41, 5.74) is 1.95. The van der Waals surface area contributed by atoms with Crippen LogP contribution in [0.15, 0.2) is 12.1 Å². The number of hydrogen-bond acceptors (Lipinski definition) is 5. The van der Waals surface area contributed by atoms with Gasteiger partial charge in [-0.15, -0.1) is 0 Å². The van der Waals surface area contributed by atoms with Crippen molar-refractivity contribution in [3.8, 4) is 5.75 Å². The third-order valence-electron chi connectivity index (χ3n) is 3.91. The summed E-state index contributed by atoms with van der Waals surface area (Å²) in [5, 5.41) is 11.6. The molecule has 0 saturated carbocycles. The van der Waals surface area contributed by atoms with Crippen LogP contribution >= 0.6 is 0 Å². The van der Waals surface area contributed by atoms with Crippen LogP contribution in [0.2, 0.25) is 0 Å². The van der Waals surface area contributed by atoms with Gasteiger partial charge in [-0.1, -0.05) is 0 Å². The Balaban J connectivity index is 1.92. The summed E-state index contributed by atoms with van der Waals surface area (Å²) < 4.78 is 16.2. The van der Waals surface area contributed by atoms with E-state index in [1.54, 1.807) is 26.0 Å². The molecule has 1 amide bonds. The first-order chi connectivity index (χ1) is 11.9. The maximum atomic E-state index is 12.4. The highest BCUT2D eigenvalue weighted by atomic mass is 16.5. The highest BCUT2D eigenvalue weighted by molar-refractivity contribution is 5.95. The van der Waals surface area contributed by atoms with E-state index >= 15 is 0 Å². The molecule has 1 heterocycles. The fourth-order valence-electron chi connectivity index (χ4n) is 2.72. The molecule has 7 nitrogen and oxygen atoms in total. The lowest BCUT2D eigenvalue weighted by Gasteiger charge is -2.18.